The van der Waals surface area contributed by atoms with Crippen molar-refractivity contribution in [1.29, 1.82) is 0 Å². The molecule has 150 valence electrons. The van der Waals surface area contributed by atoms with E-state index in [2.05, 4.69) is 10.3 Å². The Morgan fingerprint density at radius 1 is 1.21 bits per heavy atom. The Hall–Kier alpha value is -2.81. The third-order valence-electron chi connectivity index (χ3n) is 3.79. The number of fused-ring (bicyclic) bond motifs is 1. The minimum absolute atomic E-state index is 0.0888. The van der Waals surface area contributed by atoms with Gasteiger partial charge in [0.1, 0.15) is 11.8 Å². The van der Waals surface area contributed by atoms with E-state index in [-0.39, 0.29) is 18.6 Å². The fourth-order valence-corrected chi connectivity index (χ4v) is 3.66. The monoisotopic (exact) mass is 406 g/mol. The molecule has 0 aliphatic rings. The predicted molar refractivity (Wildman–Crippen MR) is 105 cm³/mol. The van der Waals surface area contributed by atoms with Crippen LogP contribution in [0.3, 0.4) is 0 Å². The molecule has 0 aliphatic heterocycles. The van der Waals surface area contributed by atoms with Crippen LogP contribution in [0.15, 0.2) is 29.2 Å². The maximum Gasteiger partial charge on any atom is 0.327 e. The van der Waals surface area contributed by atoms with Gasteiger partial charge >= 0.3 is 11.9 Å². The summed E-state index contributed by atoms with van der Waals surface area (Å²) in [6, 6.07) is 6.25. The first-order chi connectivity index (χ1) is 13.3. The van der Waals surface area contributed by atoms with Gasteiger partial charge < -0.3 is 20.3 Å². The first-order valence-corrected chi connectivity index (χ1v) is 9.69. The summed E-state index contributed by atoms with van der Waals surface area (Å²) < 4.78 is 5.53. The summed E-state index contributed by atoms with van der Waals surface area (Å²) in [5.41, 5.74) is 1.56. The number of benzene rings is 1. The maximum absolute atomic E-state index is 11.8. The molecule has 0 radical (unpaired) electrons. The number of thioether (sulfide) groups is 1. The predicted octanol–water partition coefficient (Wildman–Crippen LogP) is 2.47. The molecule has 0 saturated heterocycles. The fraction of sp³-hybridized carbons (Fsp3) is 0.368. The Morgan fingerprint density at radius 2 is 1.96 bits per heavy atom. The number of carbonyl (C=O) groups is 3. The molecule has 1 aromatic heterocycles. The van der Waals surface area contributed by atoms with Crippen molar-refractivity contribution in [3.05, 3.63) is 30.0 Å². The van der Waals surface area contributed by atoms with Crippen molar-refractivity contribution in [2.75, 3.05) is 12.4 Å². The van der Waals surface area contributed by atoms with E-state index in [0.29, 0.717) is 12.4 Å². The summed E-state index contributed by atoms with van der Waals surface area (Å²) in [4.78, 5) is 39.1. The number of hydrogen-bond donors (Lipinski definition) is 3. The third kappa shape index (κ3) is 6.12. The minimum Gasteiger partial charge on any atom is -0.494 e. The second kappa shape index (κ2) is 9.93. The quantitative estimate of drug-likeness (QED) is 0.514. The molecule has 28 heavy (non-hydrogen) atoms. The van der Waals surface area contributed by atoms with Crippen LogP contribution in [0.1, 0.15) is 25.5 Å². The average molecular weight is 406 g/mol. The number of rotatable bonds is 10. The van der Waals surface area contributed by atoms with Crippen LogP contribution in [-0.4, -0.2) is 51.4 Å². The highest BCUT2D eigenvalue weighted by atomic mass is 32.2. The SMILES string of the molecule is CCOc1ccc2nc(C)cc(SC[C@H](NC(=O)CCC(=O)O)C(=O)O)c2c1. The highest BCUT2D eigenvalue weighted by molar-refractivity contribution is 7.99. The first kappa shape index (κ1) is 21.5. The second-order valence-electron chi connectivity index (χ2n) is 6.04. The van der Waals surface area contributed by atoms with Crippen molar-refractivity contribution in [2.45, 2.75) is 37.6 Å². The maximum atomic E-state index is 11.8. The van der Waals surface area contributed by atoms with Gasteiger partial charge in [-0.05, 0) is 38.1 Å². The number of aromatic nitrogens is 1. The fourth-order valence-electron chi connectivity index (χ4n) is 2.51. The number of nitrogens with one attached hydrogen (secondary N) is 1. The smallest absolute Gasteiger partial charge is 0.327 e. The molecule has 2 aromatic rings. The molecule has 8 nitrogen and oxygen atoms in total. The van der Waals surface area contributed by atoms with Crippen molar-refractivity contribution in [2.24, 2.45) is 0 Å². The van der Waals surface area contributed by atoms with Gasteiger partial charge in [0.25, 0.3) is 0 Å². The Bertz CT molecular complexity index is 886. The number of hydrogen-bond acceptors (Lipinski definition) is 6. The van der Waals surface area contributed by atoms with Crippen LogP contribution in [0.25, 0.3) is 10.9 Å². The lowest BCUT2D eigenvalue weighted by atomic mass is 10.2. The number of ether oxygens (including phenoxy) is 1. The van der Waals surface area contributed by atoms with Crippen molar-refractivity contribution in [3.8, 4) is 5.75 Å². The van der Waals surface area contributed by atoms with Crippen LogP contribution in [0, 0.1) is 6.92 Å². The summed E-state index contributed by atoms with van der Waals surface area (Å²) in [5, 5.41) is 21.2. The lowest BCUT2D eigenvalue weighted by Gasteiger charge is -2.15. The zero-order valence-corrected chi connectivity index (χ0v) is 16.4. The topological polar surface area (TPSA) is 126 Å². The van der Waals surface area contributed by atoms with E-state index in [4.69, 9.17) is 9.84 Å². The van der Waals surface area contributed by atoms with E-state index in [0.717, 1.165) is 21.5 Å². The van der Waals surface area contributed by atoms with Crippen molar-refractivity contribution in [1.82, 2.24) is 10.3 Å². The first-order valence-electron chi connectivity index (χ1n) is 8.71. The van der Waals surface area contributed by atoms with Gasteiger partial charge in [-0.3, -0.25) is 14.6 Å². The zero-order chi connectivity index (χ0) is 20.7. The number of amides is 1. The molecule has 9 heteroatoms. The highest BCUT2D eigenvalue weighted by Crippen LogP contribution is 2.31. The van der Waals surface area contributed by atoms with E-state index in [1.54, 1.807) is 0 Å². The number of aliphatic carboxylic acids is 2. The van der Waals surface area contributed by atoms with Crippen LogP contribution in [0.4, 0.5) is 0 Å². The molecule has 0 fully saturated rings. The molecule has 0 spiro atoms. The summed E-state index contributed by atoms with van der Waals surface area (Å²) in [7, 11) is 0. The van der Waals surface area contributed by atoms with E-state index >= 15 is 0 Å². The van der Waals surface area contributed by atoms with Gasteiger partial charge in [0.15, 0.2) is 0 Å². The Morgan fingerprint density at radius 3 is 2.61 bits per heavy atom. The average Bonchev–Trinajstić information content (AvgIpc) is 2.63. The van der Waals surface area contributed by atoms with E-state index < -0.39 is 23.9 Å². The molecule has 1 amide bonds. The van der Waals surface area contributed by atoms with E-state index in [9.17, 15) is 19.5 Å². The third-order valence-corrected chi connectivity index (χ3v) is 4.93. The van der Waals surface area contributed by atoms with Gasteiger partial charge in [-0.15, -0.1) is 11.8 Å². The van der Waals surface area contributed by atoms with E-state index in [1.165, 1.54) is 11.8 Å². The number of nitrogens with zero attached hydrogens (tertiary/aromatic N) is 1. The van der Waals surface area contributed by atoms with E-state index in [1.807, 2.05) is 38.1 Å². The largest absolute Gasteiger partial charge is 0.494 e. The summed E-state index contributed by atoms with van der Waals surface area (Å²) in [6.45, 7) is 4.26. The molecule has 1 aromatic carbocycles. The van der Waals surface area contributed by atoms with Crippen LogP contribution in [0.2, 0.25) is 0 Å². The molecule has 0 aliphatic carbocycles. The van der Waals surface area contributed by atoms with Gasteiger partial charge in [-0.25, -0.2) is 4.79 Å². The summed E-state index contributed by atoms with van der Waals surface area (Å²) >= 11 is 1.29. The molecule has 1 heterocycles. The normalized spacial score (nSPS) is 11.8. The second-order valence-corrected chi connectivity index (χ2v) is 7.10. The summed E-state index contributed by atoms with van der Waals surface area (Å²) in [6.07, 6.45) is -0.613. The number of carbonyl (C=O) groups excluding carboxylic acids is 1. The van der Waals surface area contributed by atoms with Crippen LogP contribution < -0.4 is 10.1 Å². The Balaban J connectivity index is 2.16. The minimum atomic E-state index is -1.18. The molecule has 0 bridgehead atoms. The number of pyridine rings is 1. The molecule has 0 saturated carbocycles. The molecular weight excluding hydrogens is 384 g/mol. The van der Waals surface area contributed by atoms with Crippen molar-refractivity contribution in [3.63, 3.8) is 0 Å². The number of carboxylic acid groups (broad SMARTS) is 2. The summed E-state index contributed by atoms with van der Waals surface area (Å²) in [5.74, 6) is -2.11. The van der Waals surface area contributed by atoms with Gasteiger partial charge in [-0.1, -0.05) is 0 Å². The van der Waals surface area contributed by atoms with Crippen LogP contribution in [0.5, 0.6) is 5.75 Å². The molecule has 2 rings (SSSR count). The molecule has 1 atom stereocenters. The molecule has 3 N–H and O–H groups in total. The Labute approximate surface area is 166 Å². The van der Waals surface area contributed by atoms with Crippen LogP contribution in [-0.2, 0) is 14.4 Å². The van der Waals surface area contributed by atoms with Crippen molar-refractivity contribution >= 4 is 40.5 Å². The lowest BCUT2D eigenvalue weighted by Crippen LogP contribution is -2.42. The highest BCUT2D eigenvalue weighted by Gasteiger charge is 2.21. The molecular formula is C19H22N2O6S. The van der Waals surface area contributed by atoms with Gasteiger partial charge in [-0.2, -0.15) is 0 Å². The van der Waals surface area contributed by atoms with Crippen molar-refractivity contribution < 1.29 is 29.3 Å². The van der Waals surface area contributed by atoms with Gasteiger partial charge in [0.05, 0.1) is 18.5 Å². The number of aryl methyl sites for hydroxylation is 1. The van der Waals surface area contributed by atoms with Gasteiger partial charge in [0.2, 0.25) is 5.91 Å². The lowest BCUT2D eigenvalue weighted by molar-refractivity contribution is -0.141. The zero-order valence-electron chi connectivity index (χ0n) is 15.6. The van der Waals surface area contributed by atoms with Gasteiger partial charge in [0, 0.05) is 28.1 Å². The molecule has 0 unspecified atom stereocenters. The standard InChI is InChI=1S/C19H22N2O6S/c1-3-27-12-4-5-14-13(9-12)16(8-11(2)20-14)28-10-15(19(25)26)21-17(22)6-7-18(23)24/h4-5,8-9,15H,3,6-7,10H2,1-2H3,(H,21,22)(H,23,24)(H,25,26)/t15-/m0/s1. The van der Waals surface area contributed by atoms with Crippen LogP contribution >= 0.6 is 11.8 Å². The Kier molecular flexibility index (Phi) is 7.62. The number of carboxylic acids is 2.